The number of nitrogens with zero attached hydrogens (tertiary/aromatic N) is 1. The molecule has 0 unspecified atom stereocenters. The van der Waals surface area contributed by atoms with Gasteiger partial charge in [-0.2, -0.15) is 0 Å². The molecule has 1 N–H and O–H groups in total. The molecule has 5 heteroatoms. The van der Waals surface area contributed by atoms with Gasteiger partial charge in [-0.15, -0.1) is 0 Å². The summed E-state index contributed by atoms with van der Waals surface area (Å²) in [5, 5.41) is 8.60. The third-order valence-electron chi connectivity index (χ3n) is 3.74. The number of benzene rings is 1. The minimum Gasteiger partial charge on any atom is -0.497 e. The number of aliphatic carboxylic acids is 1. The molecule has 2 rings (SSSR count). The first kappa shape index (κ1) is 15.4. The first-order valence-electron chi connectivity index (χ1n) is 7.31. The number of carboxylic acid groups (broad SMARTS) is 1. The van der Waals surface area contributed by atoms with E-state index in [0.717, 1.165) is 36.4 Å². The van der Waals surface area contributed by atoms with Gasteiger partial charge in [0.05, 0.1) is 7.11 Å². The zero-order chi connectivity index (χ0) is 15.2. The summed E-state index contributed by atoms with van der Waals surface area (Å²) in [5.74, 6) is 0.0777. The molecule has 114 valence electrons. The van der Waals surface area contributed by atoms with E-state index in [1.807, 2.05) is 23.1 Å². The van der Waals surface area contributed by atoms with Crippen LogP contribution in [-0.4, -0.2) is 30.6 Å². The molecule has 0 spiro atoms. The van der Waals surface area contributed by atoms with Gasteiger partial charge in [0, 0.05) is 25.1 Å². The fourth-order valence-corrected chi connectivity index (χ4v) is 2.65. The van der Waals surface area contributed by atoms with Crippen molar-refractivity contribution >= 4 is 17.6 Å². The fraction of sp³-hybridized carbons (Fsp3) is 0.500. The van der Waals surface area contributed by atoms with E-state index in [1.54, 1.807) is 7.11 Å². The Morgan fingerprint density at radius 3 is 2.76 bits per heavy atom. The first-order valence-corrected chi connectivity index (χ1v) is 7.31. The van der Waals surface area contributed by atoms with Crippen LogP contribution in [0.4, 0.5) is 5.69 Å². The first-order chi connectivity index (χ1) is 10.1. The van der Waals surface area contributed by atoms with Gasteiger partial charge in [0.15, 0.2) is 0 Å². The molecule has 1 amide bonds. The summed E-state index contributed by atoms with van der Waals surface area (Å²) in [6.45, 7) is 0.733. The van der Waals surface area contributed by atoms with Crippen LogP contribution in [0.25, 0.3) is 0 Å². The number of hydrogen-bond acceptors (Lipinski definition) is 3. The second-order valence-corrected chi connectivity index (χ2v) is 5.24. The maximum absolute atomic E-state index is 12.3. The van der Waals surface area contributed by atoms with Crippen molar-refractivity contribution in [2.75, 3.05) is 18.6 Å². The number of rotatable bonds is 6. The average molecular weight is 291 g/mol. The number of unbranched alkanes of at least 4 members (excludes halogenated alkanes) is 1. The summed E-state index contributed by atoms with van der Waals surface area (Å²) in [7, 11) is 1.63. The van der Waals surface area contributed by atoms with Gasteiger partial charge in [-0.05, 0) is 49.4 Å². The molecule has 1 aromatic carbocycles. The Morgan fingerprint density at radius 1 is 1.29 bits per heavy atom. The number of methoxy groups -OCH3 is 1. The molecule has 0 atom stereocenters. The highest BCUT2D eigenvalue weighted by Gasteiger charge is 2.22. The van der Waals surface area contributed by atoms with E-state index in [4.69, 9.17) is 9.84 Å². The molecule has 0 aliphatic carbocycles. The Morgan fingerprint density at radius 2 is 2.05 bits per heavy atom. The van der Waals surface area contributed by atoms with E-state index in [9.17, 15) is 9.59 Å². The van der Waals surface area contributed by atoms with E-state index in [2.05, 4.69) is 0 Å². The van der Waals surface area contributed by atoms with Crippen molar-refractivity contribution in [3.63, 3.8) is 0 Å². The molecule has 0 saturated carbocycles. The van der Waals surface area contributed by atoms with E-state index in [1.165, 1.54) is 0 Å². The number of amides is 1. The van der Waals surface area contributed by atoms with Gasteiger partial charge < -0.3 is 14.7 Å². The molecular weight excluding hydrogens is 270 g/mol. The Kier molecular flexibility index (Phi) is 5.20. The molecule has 1 aromatic rings. The number of hydrogen-bond donors (Lipinski definition) is 1. The molecule has 21 heavy (non-hydrogen) atoms. The van der Waals surface area contributed by atoms with Crippen LogP contribution in [0.3, 0.4) is 0 Å². The van der Waals surface area contributed by atoms with E-state index in [0.29, 0.717) is 19.3 Å². The van der Waals surface area contributed by atoms with Crippen LogP contribution in [0, 0.1) is 0 Å². The van der Waals surface area contributed by atoms with E-state index in [-0.39, 0.29) is 12.3 Å². The molecular formula is C16H21NO4. The van der Waals surface area contributed by atoms with E-state index >= 15 is 0 Å². The van der Waals surface area contributed by atoms with Crippen molar-refractivity contribution in [3.05, 3.63) is 23.8 Å². The van der Waals surface area contributed by atoms with Crippen LogP contribution in [-0.2, 0) is 16.0 Å². The number of carbonyl (C=O) groups excluding carboxylic acids is 1. The summed E-state index contributed by atoms with van der Waals surface area (Å²) >= 11 is 0. The standard InChI is InChI=1S/C16H21NO4/c1-21-13-8-9-14-12(11-13)5-4-10-17(14)15(18)6-2-3-7-16(19)20/h8-9,11H,2-7,10H2,1H3,(H,19,20). The minimum absolute atomic E-state index is 0.0755. The zero-order valence-electron chi connectivity index (χ0n) is 12.3. The van der Waals surface area contributed by atoms with Crippen LogP contribution < -0.4 is 9.64 Å². The Hall–Kier alpha value is -2.04. The number of aryl methyl sites for hydroxylation is 1. The lowest BCUT2D eigenvalue weighted by Gasteiger charge is -2.30. The van der Waals surface area contributed by atoms with Gasteiger partial charge in [0.1, 0.15) is 5.75 Å². The van der Waals surface area contributed by atoms with Gasteiger partial charge in [0.2, 0.25) is 5.91 Å². The quantitative estimate of drug-likeness (QED) is 0.818. The fourth-order valence-electron chi connectivity index (χ4n) is 2.65. The maximum atomic E-state index is 12.3. The number of carbonyl (C=O) groups is 2. The van der Waals surface area contributed by atoms with Crippen molar-refractivity contribution in [3.8, 4) is 5.75 Å². The van der Waals surface area contributed by atoms with Crippen molar-refractivity contribution in [2.24, 2.45) is 0 Å². The predicted molar refractivity (Wildman–Crippen MR) is 79.8 cm³/mol. The SMILES string of the molecule is COc1ccc2c(c1)CCCN2C(=O)CCCCC(=O)O. The molecule has 0 saturated heterocycles. The second-order valence-electron chi connectivity index (χ2n) is 5.24. The molecule has 0 aromatic heterocycles. The van der Waals surface area contributed by atoms with Crippen molar-refractivity contribution in [1.82, 2.24) is 0 Å². The van der Waals surface area contributed by atoms with Crippen molar-refractivity contribution < 1.29 is 19.4 Å². The number of anilines is 1. The molecule has 1 aliphatic heterocycles. The predicted octanol–water partition coefficient (Wildman–Crippen LogP) is 2.62. The van der Waals surface area contributed by atoms with Crippen molar-refractivity contribution in [2.45, 2.75) is 38.5 Å². The van der Waals surface area contributed by atoms with Crippen LogP contribution in [0.15, 0.2) is 18.2 Å². The molecule has 1 aliphatic rings. The minimum atomic E-state index is -0.808. The number of fused-ring (bicyclic) bond motifs is 1. The molecule has 1 heterocycles. The molecule has 0 bridgehead atoms. The van der Waals surface area contributed by atoms with Crippen LogP contribution in [0.1, 0.15) is 37.7 Å². The summed E-state index contributed by atoms with van der Waals surface area (Å²) in [6.07, 6.45) is 3.59. The summed E-state index contributed by atoms with van der Waals surface area (Å²) in [4.78, 5) is 24.6. The van der Waals surface area contributed by atoms with Gasteiger partial charge in [-0.3, -0.25) is 9.59 Å². The Balaban J connectivity index is 1.98. The van der Waals surface area contributed by atoms with Crippen LogP contribution >= 0.6 is 0 Å². The lowest BCUT2D eigenvalue weighted by Crippen LogP contribution is -2.35. The normalized spacial score (nSPS) is 13.7. The van der Waals surface area contributed by atoms with Crippen LogP contribution in [0.5, 0.6) is 5.75 Å². The lowest BCUT2D eigenvalue weighted by molar-refractivity contribution is -0.137. The molecule has 0 fully saturated rings. The third kappa shape index (κ3) is 3.97. The highest BCUT2D eigenvalue weighted by atomic mass is 16.5. The highest BCUT2D eigenvalue weighted by Crippen LogP contribution is 2.31. The molecule has 5 nitrogen and oxygen atoms in total. The van der Waals surface area contributed by atoms with Gasteiger partial charge >= 0.3 is 5.97 Å². The highest BCUT2D eigenvalue weighted by molar-refractivity contribution is 5.94. The smallest absolute Gasteiger partial charge is 0.303 e. The average Bonchev–Trinajstić information content (AvgIpc) is 2.49. The van der Waals surface area contributed by atoms with Gasteiger partial charge in [-0.1, -0.05) is 0 Å². The van der Waals surface area contributed by atoms with Crippen molar-refractivity contribution in [1.29, 1.82) is 0 Å². The summed E-state index contributed by atoms with van der Waals surface area (Å²) in [5.41, 5.74) is 2.10. The topological polar surface area (TPSA) is 66.8 Å². The Labute approximate surface area is 124 Å². The summed E-state index contributed by atoms with van der Waals surface area (Å²) < 4.78 is 5.22. The maximum Gasteiger partial charge on any atom is 0.303 e. The third-order valence-corrected chi connectivity index (χ3v) is 3.74. The second kappa shape index (κ2) is 7.11. The van der Waals surface area contributed by atoms with Gasteiger partial charge in [0.25, 0.3) is 0 Å². The Bertz CT molecular complexity index is 527. The molecule has 0 radical (unpaired) electrons. The zero-order valence-corrected chi connectivity index (χ0v) is 12.3. The van der Waals surface area contributed by atoms with Crippen LogP contribution in [0.2, 0.25) is 0 Å². The van der Waals surface area contributed by atoms with E-state index < -0.39 is 5.97 Å². The largest absolute Gasteiger partial charge is 0.497 e. The lowest BCUT2D eigenvalue weighted by atomic mass is 10.0. The number of carboxylic acids is 1. The monoisotopic (exact) mass is 291 g/mol. The van der Waals surface area contributed by atoms with Gasteiger partial charge in [-0.25, -0.2) is 0 Å². The number of ether oxygens (including phenoxy) is 1. The summed E-state index contributed by atoms with van der Waals surface area (Å²) in [6, 6.07) is 5.79.